The summed E-state index contributed by atoms with van der Waals surface area (Å²) >= 11 is 0. The first-order valence-corrected chi connectivity index (χ1v) is 4.78. The van der Waals surface area contributed by atoms with E-state index in [2.05, 4.69) is 6.58 Å². The molecule has 1 N–H and O–H groups in total. The average molecular weight is 182 g/mol. The molecule has 0 spiro atoms. The number of allylic oxidation sites excluding steroid dienone is 1. The molecule has 1 heteroatoms. The van der Waals surface area contributed by atoms with E-state index in [4.69, 9.17) is 0 Å². The molecule has 13 heavy (non-hydrogen) atoms. The van der Waals surface area contributed by atoms with Crippen LogP contribution in [0.25, 0.3) is 0 Å². The first-order chi connectivity index (χ1) is 5.79. The fourth-order valence-electron chi connectivity index (χ4n) is 1.52. The number of aliphatic hydroxyl groups is 1. The highest BCUT2D eigenvalue weighted by Crippen LogP contribution is 2.38. The van der Waals surface area contributed by atoms with Crippen LogP contribution < -0.4 is 0 Å². The van der Waals surface area contributed by atoms with Gasteiger partial charge in [0.25, 0.3) is 0 Å². The van der Waals surface area contributed by atoms with E-state index in [9.17, 15) is 5.11 Å². The van der Waals surface area contributed by atoms with Crippen molar-refractivity contribution in [2.45, 2.75) is 40.2 Å². The van der Waals surface area contributed by atoms with E-state index < -0.39 is 5.60 Å². The van der Waals surface area contributed by atoms with Crippen molar-refractivity contribution in [3.63, 3.8) is 0 Å². The summed E-state index contributed by atoms with van der Waals surface area (Å²) in [5, 5.41) is 10.5. The van der Waals surface area contributed by atoms with Crippen LogP contribution in [0, 0.1) is 11.3 Å². The summed E-state index contributed by atoms with van der Waals surface area (Å²) in [6, 6.07) is 0. The lowest BCUT2D eigenvalue weighted by Gasteiger charge is -2.41. The lowest BCUT2D eigenvalue weighted by Crippen LogP contribution is -2.45. The van der Waals surface area contributed by atoms with Gasteiger partial charge in [-0.3, -0.25) is 0 Å². The normalized spacial score (nSPS) is 19.8. The molecule has 0 aliphatic carbocycles. The van der Waals surface area contributed by atoms with Crippen LogP contribution >= 0.6 is 0 Å². The smallest absolute Gasteiger partial charge is 0.0935 e. The van der Waals surface area contributed by atoms with E-state index in [0.29, 0.717) is 0 Å². The Bertz CT molecular complexity index is 198. The quantitative estimate of drug-likeness (QED) is 0.665. The molecule has 0 aromatic carbocycles. The average Bonchev–Trinajstić information content (AvgIpc) is 2.01. The maximum Gasteiger partial charge on any atom is 0.0935 e. The first-order valence-electron chi connectivity index (χ1n) is 4.78. The molecule has 0 aliphatic rings. The van der Waals surface area contributed by atoms with Crippen molar-refractivity contribution in [3.05, 3.63) is 24.8 Å². The molecule has 1 nitrogen and oxygen atoms in total. The third kappa shape index (κ3) is 2.44. The van der Waals surface area contributed by atoms with Crippen LogP contribution in [0.1, 0.15) is 34.6 Å². The minimum Gasteiger partial charge on any atom is -0.385 e. The van der Waals surface area contributed by atoms with Crippen molar-refractivity contribution in [1.29, 1.82) is 0 Å². The van der Waals surface area contributed by atoms with E-state index in [1.165, 1.54) is 0 Å². The molecule has 0 saturated carbocycles. The van der Waals surface area contributed by atoms with Gasteiger partial charge in [0.05, 0.1) is 5.60 Å². The first kappa shape index (κ1) is 12.4. The van der Waals surface area contributed by atoms with E-state index in [0.717, 1.165) is 0 Å². The van der Waals surface area contributed by atoms with Crippen LogP contribution in [0.2, 0.25) is 0 Å². The minimum absolute atomic E-state index is 0.0590. The Morgan fingerprint density at radius 2 is 1.77 bits per heavy atom. The van der Waals surface area contributed by atoms with Gasteiger partial charge in [0, 0.05) is 5.92 Å². The summed E-state index contributed by atoms with van der Waals surface area (Å²) in [6.07, 6.45) is 5.55. The highest BCUT2D eigenvalue weighted by Gasteiger charge is 2.40. The maximum absolute atomic E-state index is 10.5. The molecule has 0 heterocycles. The topological polar surface area (TPSA) is 20.2 Å². The van der Waals surface area contributed by atoms with Gasteiger partial charge < -0.3 is 5.11 Å². The van der Waals surface area contributed by atoms with Gasteiger partial charge in [0.1, 0.15) is 0 Å². The van der Waals surface area contributed by atoms with Crippen molar-refractivity contribution in [3.8, 4) is 0 Å². The fraction of sp³-hybridized carbons (Fsp3) is 0.667. The highest BCUT2D eigenvalue weighted by atomic mass is 16.3. The molecule has 76 valence electrons. The molecule has 0 aromatic heterocycles. The standard InChI is InChI=1S/C12H22O/c1-7-9-12(13,10(3)8-2)11(4,5)6/h7-10,13H,2H2,1,3-6H3/b9-7+/t10-,12+/m1/s1. The number of rotatable bonds is 3. The largest absolute Gasteiger partial charge is 0.385 e. The summed E-state index contributed by atoms with van der Waals surface area (Å²) < 4.78 is 0. The predicted octanol–water partition coefficient (Wildman–Crippen LogP) is 3.16. The maximum atomic E-state index is 10.5. The van der Waals surface area contributed by atoms with Crippen LogP contribution in [0.5, 0.6) is 0 Å². The van der Waals surface area contributed by atoms with Crippen molar-refractivity contribution in [1.82, 2.24) is 0 Å². The molecule has 0 bridgehead atoms. The Morgan fingerprint density at radius 3 is 2.00 bits per heavy atom. The Hall–Kier alpha value is -0.560. The Kier molecular flexibility index (Phi) is 3.92. The molecule has 0 radical (unpaired) electrons. The SMILES string of the molecule is C=C[C@@H](C)[C@@](O)(/C=C/C)C(C)(C)C. The summed E-state index contributed by atoms with van der Waals surface area (Å²) in [7, 11) is 0. The van der Waals surface area contributed by atoms with Crippen LogP contribution in [-0.4, -0.2) is 10.7 Å². The molecule has 0 amide bonds. The van der Waals surface area contributed by atoms with Crippen LogP contribution in [-0.2, 0) is 0 Å². The van der Waals surface area contributed by atoms with E-state index in [-0.39, 0.29) is 11.3 Å². The van der Waals surface area contributed by atoms with Crippen LogP contribution in [0.15, 0.2) is 24.8 Å². The van der Waals surface area contributed by atoms with Crippen molar-refractivity contribution < 1.29 is 5.11 Å². The number of hydrogen-bond acceptors (Lipinski definition) is 1. The van der Waals surface area contributed by atoms with Crippen LogP contribution in [0.4, 0.5) is 0 Å². The fourth-order valence-corrected chi connectivity index (χ4v) is 1.52. The van der Waals surface area contributed by atoms with Crippen molar-refractivity contribution >= 4 is 0 Å². The van der Waals surface area contributed by atoms with Gasteiger partial charge in [0.2, 0.25) is 0 Å². The lowest BCUT2D eigenvalue weighted by atomic mass is 9.69. The molecule has 0 rings (SSSR count). The second kappa shape index (κ2) is 4.10. The highest BCUT2D eigenvalue weighted by molar-refractivity contribution is 5.12. The summed E-state index contributed by atoms with van der Waals surface area (Å²) in [4.78, 5) is 0. The van der Waals surface area contributed by atoms with Gasteiger partial charge in [-0.1, -0.05) is 45.9 Å². The zero-order valence-electron chi connectivity index (χ0n) is 9.46. The minimum atomic E-state index is -0.802. The summed E-state index contributed by atoms with van der Waals surface area (Å²) in [5.41, 5.74) is -0.976. The van der Waals surface area contributed by atoms with E-state index in [1.54, 1.807) is 6.08 Å². The third-order valence-corrected chi connectivity index (χ3v) is 2.67. The van der Waals surface area contributed by atoms with Gasteiger partial charge in [0.15, 0.2) is 0 Å². The second-order valence-electron chi connectivity index (χ2n) is 4.60. The van der Waals surface area contributed by atoms with Gasteiger partial charge in [-0.2, -0.15) is 0 Å². The molecule has 0 aliphatic heterocycles. The zero-order chi connectivity index (χ0) is 10.7. The van der Waals surface area contributed by atoms with E-state index in [1.807, 2.05) is 46.8 Å². The van der Waals surface area contributed by atoms with Gasteiger partial charge in [-0.25, -0.2) is 0 Å². The summed E-state index contributed by atoms with van der Waals surface area (Å²) in [5.74, 6) is 0.0590. The predicted molar refractivity (Wildman–Crippen MR) is 58.6 cm³/mol. The van der Waals surface area contributed by atoms with Gasteiger partial charge >= 0.3 is 0 Å². The van der Waals surface area contributed by atoms with Gasteiger partial charge in [-0.15, -0.1) is 6.58 Å². The third-order valence-electron chi connectivity index (χ3n) is 2.67. The molecule has 2 atom stereocenters. The number of hydrogen-bond donors (Lipinski definition) is 1. The molecular formula is C12H22O. The molecule has 0 saturated heterocycles. The lowest BCUT2D eigenvalue weighted by molar-refractivity contribution is -0.0428. The molecule has 0 aromatic rings. The Morgan fingerprint density at radius 1 is 1.31 bits per heavy atom. The van der Waals surface area contributed by atoms with Crippen molar-refractivity contribution in [2.75, 3.05) is 0 Å². The zero-order valence-corrected chi connectivity index (χ0v) is 9.46. The Labute approximate surface area is 82.2 Å². The molecular weight excluding hydrogens is 160 g/mol. The van der Waals surface area contributed by atoms with Crippen molar-refractivity contribution in [2.24, 2.45) is 11.3 Å². The summed E-state index contributed by atoms with van der Waals surface area (Å²) in [6.45, 7) is 13.7. The van der Waals surface area contributed by atoms with Crippen LogP contribution in [0.3, 0.4) is 0 Å². The second-order valence-corrected chi connectivity index (χ2v) is 4.60. The molecule has 0 fully saturated rings. The Balaban J connectivity index is 5.06. The molecule has 0 unspecified atom stereocenters. The monoisotopic (exact) mass is 182 g/mol. The van der Waals surface area contributed by atoms with Gasteiger partial charge in [-0.05, 0) is 12.3 Å². The van der Waals surface area contributed by atoms with E-state index >= 15 is 0 Å².